The van der Waals surface area contributed by atoms with Crippen LogP contribution in [0.15, 0.2) is 48.0 Å². The lowest BCUT2D eigenvalue weighted by atomic mass is 10.2. The maximum Gasteiger partial charge on any atom is 0.233 e. The van der Waals surface area contributed by atoms with Crippen LogP contribution < -0.4 is 14.9 Å². The van der Waals surface area contributed by atoms with Crippen LogP contribution in [-0.4, -0.2) is 45.8 Å². The molecule has 2 rings (SSSR count). The van der Waals surface area contributed by atoms with Gasteiger partial charge in [0.25, 0.3) is 0 Å². The van der Waals surface area contributed by atoms with Crippen molar-refractivity contribution in [1.29, 1.82) is 0 Å². The molecule has 0 unspecified atom stereocenters. The second-order valence-corrected chi connectivity index (χ2v) is 6.92. The summed E-state index contributed by atoms with van der Waals surface area (Å²) >= 11 is 0. The Bertz CT molecular complexity index is 776. The van der Waals surface area contributed by atoms with Gasteiger partial charge in [-0.1, -0.05) is 30.3 Å². The van der Waals surface area contributed by atoms with E-state index >= 15 is 0 Å². The molecular weight excluding hydrogens is 326 g/mol. The van der Waals surface area contributed by atoms with Crippen LogP contribution >= 0.6 is 0 Å². The lowest BCUT2D eigenvalue weighted by molar-refractivity contribution is 0.592. The molecule has 0 aliphatic carbocycles. The van der Waals surface area contributed by atoms with Crippen molar-refractivity contribution >= 4 is 27.6 Å². The maximum absolute atomic E-state index is 11.9. The van der Waals surface area contributed by atoms with Gasteiger partial charge in [0.15, 0.2) is 5.82 Å². The average Bonchev–Trinajstić information content (AvgIpc) is 2.58. The SMILES string of the molecule is CN(C)c1cnnc(NCCNS(=O)(=O)/C=C/c2ccccc2)c1. The molecule has 0 radical (unpaired) electrons. The standard InChI is InChI=1S/C16H21N5O2S/c1-21(2)15-12-16(20-18-13-15)17-9-10-19-24(22,23)11-8-14-6-4-3-5-7-14/h3-8,11-13,19H,9-10H2,1-2H3,(H,17,20)/b11-8+. The highest BCUT2D eigenvalue weighted by atomic mass is 32.2. The topological polar surface area (TPSA) is 87.2 Å². The summed E-state index contributed by atoms with van der Waals surface area (Å²) in [5.74, 6) is 0.597. The van der Waals surface area contributed by atoms with Crippen molar-refractivity contribution in [2.75, 3.05) is 37.4 Å². The van der Waals surface area contributed by atoms with Crippen LogP contribution in [0.4, 0.5) is 11.5 Å². The minimum atomic E-state index is -3.47. The van der Waals surface area contributed by atoms with E-state index in [9.17, 15) is 8.42 Å². The van der Waals surface area contributed by atoms with E-state index < -0.39 is 10.0 Å². The van der Waals surface area contributed by atoms with Crippen LogP contribution in [0.25, 0.3) is 6.08 Å². The fourth-order valence-electron chi connectivity index (χ4n) is 1.85. The number of hydrogen-bond acceptors (Lipinski definition) is 6. The first-order chi connectivity index (χ1) is 11.5. The van der Waals surface area contributed by atoms with E-state index in [4.69, 9.17) is 0 Å². The Kier molecular flexibility index (Phi) is 6.28. The van der Waals surface area contributed by atoms with E-state index in [1.807, 2.05) is 55.4 Å². The first-order valence-electron chi connectivity index (χ1n) is 7.43. The Morgan fingerprint density at radius 1 is 1.17 bits per heavy atom. The van der Waals surface area contributed by atoms with Crippen LogP contribution in [0.2, 0.25) is 0 Å². The molecule has 2 aromatic rings. The Morgan fingerprint density at radius 3 is 2.62 bits per heavy atom. The second-order valence-electron chi connectivity index (χ2n) is 5.27. The summed E-state index contributed by atoms with van der Waals surface area (Å²) in [6.45, 7) is 0.652. The van der Waals surface area contributed by atoms with Crippen LogP contribution in [0.3, 0.4) is 0 Å². The second kappa shape index (κ2) is 8.42. The van der Waals surface area contributed by atoms with Crippen LogP contribution in [-0.2, 0) is 10.0 Å². The highest BCUT2D eigenvalue weighted by Crippen LogP contribution is 2.12. The molecule has 2 N–H and O–H groups in total. The van der Waals surface area contributed by atoms with Gasteiger partial charge in [-0.25, -0.2) is 13.1 Å². The molecule has 0 spiro atoms. The van der Waals surface area contributed by atoms with Gasteiger partial charge >= 0.3 is 0 Å². The van der Waals surface area contributed by atoms with Crippen LogP contribution in [0.5, 0.6) is 0 Å². The fraction of sp³-hybridized carbons (Fsp3) is 0.250. The number of sulfonamides is 1. The number of aromatic nitrogens is 2. The summed E-state index contributed by atoms with van der Waals surface area (Å²) in [6.07, 6.45) is 3.21. The van der Waals surface area contributed by atoms with Gasteiger partial charge in [-0.15, -0.1) is 5.10 Å². The molecule has 7 nitrogen and oxygen atoms in total. The Balaban J connectivity index is 1.81. The largest absolute Gasteiger partial charge is 0.376 e. The number of benzene rings is 1. The number of rotatable bonds is 8. The number of nitrogens with zero attached hydrogens (tertiary/aromatic N) is 3. The molecule has 1 heterocycles. The summed E-state index contributed by atoms with van der Waals surface area (Å²) < 4.78 is 26.3. The number of nitrogens with one attached hydrogen (secondary N) is 2. The summed E-state index contributed by atoms with van der Waals surface area (Å²) in [7, 11) is 0.351. The molecule has 1 aromatic carbocycles. The smallest absolute Gasteiger partial charge is 0.233 e. The van der Waals surface area contributed by atoms with E-state index in [1.54, 1.807) is 12.3 Å². The van der Waals surface area contributed by atoms with E-state index in [1.165, 1.54) is 0 Å². The Morgan fingerprint density at radius 2 is 1.92 bits per heavy atom. The molecule has 0 atom stereocenters. The lowest BCUT2D eigenvalue weighted by Crippen LogP contribution is -2.27. The van der Waals surface area contributed by atoms with Gasteiger partial charge in [-0.2, -0.15) is 5.10 Å². The summed E-state index contributed by atoms with van der Waals surface area (Å²) in [6, 6.07) is 11.1. The number of anilines is 2. The van der Waals surface area contributed by atoms with E-state index in [-0.39, 0.29) is 6.54 Å². The summed E-state index contributed by atoms with van der Waals surface area (Å²) in [4.78, 5) is 1.91. The van der Waals surface area contributed by atoms with Crippen molar-refractivity contribution in [2.24, 2.45) is 0 Å². The minimum absolute atomic E-state index is 0.245. The Labute approximate surface area is 142 Å². The van der Waals surface area contributed by atoms with Gasteiger partial charge < -0.3 is 10.2 Å². The number of hydrogen-bond donors (Lipinski definition) is 2. The molecule has 24 heavy (non-hydrogen) atoms. The molecule has 0 aliphatic rings. The predicted molar refractivity (Wildman–Crippen MR) is 97.2 cm³/mol. The lowest BCUT2D eigenvalue weighted by Gasteiger charge is -2.12. The normalized spacial score (nSPS) is 11.6. The summed E-state index contributed by atoms with van der Waals surface area (Å²) in [5, 5.41) is 12.0. The molecule has 0 saturated carbocycles. The minimum Gasteiger partial charge on any atom is -0.376 e. The van der Waals surface area contributed by atoms with Gasteiger partial charge in [0.05, 0.1) is 11.9 Å². The first-order valence-corrected chi connectivity index (χ1v) is 8.98. The van der Waals surface area contributed by atoms with Gasteiger partial charge in [0, 0.05) is 38.7 Å². The molecule has 128 valence electrons. The van der Waals surface area contributed by atoms with E-state index in [0.29, 0.717) is 12.4 Å². The first kappa shape index (κ1) is 17.9. The third kappa shape index (κ3) is 5.98. The molecule has 8 heteroatoms. The van der Waals surface area contributed by atoms with E-state index in [2.05, 4.69) is 20.2 Å². The zero-order chi connectivity index (χ0) is 17.4. The molecule has 0 aliphatic heterocycles. The quantitative estimate of drug-likeness (QED) is 0.705. The van der Waals surface area contributed by atoms with E-state index in [0.717, 1.165) is 16.7 Å². The van der Waals surface area contributed by atoms with Crippen LogP contribution in [0.1, 0.15) is 5.56 Å². The van der Waals surface area contributed by atoms with Crippen LogP contribution in [0, 0.1) is 0 Å². The molecule has 0 saturated heterocycles. The predicted octanol–water partition coefficient (Wildman–Crippen LogP) is 1.54. The van der Waals surface area contributed by atoms with Crippen molar-refractivity contribution in [3.8, 4) is 0 Å². The van der Waals surface area contributed by atoms with Crippen molar-refractivity contribution < 1.29 is 8.42 Å². The summed E-state index contributed by atoms with van der Waals surface area (Å²) in [5.41, 5.74) is 1.75. The third-order valence-corrected chi connectivity index (χ3v) is 4.23. The third-order valence-electron chi connectivity index (χ3n) is 3.13. The average molecular weight is 347 g/mol. The molecular formula is C16H21N5O2S. The monoisotopic (exact) mass is 347 g/mol. The van der Waals surface area contributed by atoms with Crippen molar-refractivity contribution in [3.05, 3.63) is 53.6 Å². The highest BCUT2D eigenvalue weighted by Gasteiger charge is 2.04. The maximum atomic E-state index is 11.9. The Hall–Kier alpha value is -2.45. The van der Waals surface area contributed by atoms with Crippen molar-refractivity contribution in [1.82, 2.24) is 14.9 Å². The highest BCUT2D eigenvalue weighted by molar-refractivity contribution is 7.92. The fourth-order valence-corrected chi connectivity index (χ4v) is 2.67. The van der Waals surface area contributed by atoms with Gasteiger partial charge in [-0.3, -0.25) is 0 Å². The molecule has 0 amide bonds. The zero-order valence-electron chi connectivity index (χ0n) is 13.7. The van der Waals surface area contributed by atoms with Crippen molar-refractivity contribution in [2.45, 2.75) is 0 Å². The molecule has 1 aromatic heterocycles. The molecule has 0 bridgehead atoms. The van der Waals surface area contributed by atoms with Gasteiger partial charge in [-0.05, 0) is 11.6 Å². The molecule has 0 fully saturated rings. The zero-order valence-corrected chi connectivity index (χ0v) is 14.5. The van der Waals surface area contributed by atoms with Gasteiger partial charge in [0.1, 0.15) is 0 Å². The van der Waals surface area contributed by atoms with Crippen molar-refractivity contribution in [3.63, 3.8) is 0 Å². The van der Waals surface area contributed by atoms with Gasteiger partial charge in [0.2, 0.25) is 10.0 Å².